The van der Waals surface area contributed by atoms with Crippen LogP contribution in [0.3, 0.4) is 0 Å². The summed E-state index contributed by atoms with van der Waals surface area (Å²) in [6, 6.07) is 4.17. The third-order valence-corrected chi connectivity index (χ3v) is 6.22. The fourth-order valence-electron chi connectivity index (χ4n) is 4.47. The molecule has 0 amide bonds. The topological polar surface area (TPSA) is 97.0 Å². The number of nitrogens with zero attached hydrogens (tertiary/aromatic N) is 6. The summed E-state index contributed by atoms with van der Waals surface area (Å²) in [5.41, 5.74) is 7.03. The van der Waals surface area contributed by atoms with Gasteiger partial charge in [-0.25, -0.2) is 9.51 Å². The van der Waals surface area contributed by atoms with E-state index in [0.29, 0.717) is 22.8 Å². The van der Waals surface area contributed by atoms with Crippen molar-refractivity contribution in [2.24, 2.45) is 4.99 Å². The molecule has 1 aliphatic heterocycles. The predicted molar refractivity (Wildman–Crippen MR) is 127 cm³/mol. The van der Waals surface area contributed by atoms with Crippen LogP contribution in [0.1, 0.15) is 53.9 Å². The molecule has 4 heterocycles. The van der Waals surface area contributed by atoms with Crippen LogP contribution in [0.5, 0.6) is 0 Å². The SMILES string of the molecule is CCc1nc(C)cn2nc(C(=C/CO)/N=c3/c(C)cc(C4CCN(C)CC4)cn3N)cc12. The van der Waals surface area contributed by atoms with E-state index in [1.807, 2.05) is 36.8 Å². The van der Waals surface area contributed by atoms with Gasteiger partial charge in [0.1, 0.15) is 5.69 Å². The maximum atomic E-state index is 9.64. The van der Waals surface area contributed by atoms with Crippen molar-refractivity contribution in [3.05, 3.63) is 64.3 Å². The Hall–Kier alpha value is -2.97. The lowest BCUT2D eigenvalue weighted by Gasteiger charge is -2.29. The molecule has 3 aromatic heterocycles. The summed E-state index contributed by atoms with van der Waals surface area (Å²) in [4.78, 5) is 11.8. The highest BCUT2D eigenvalue weighted by molar-refractivity contribution is 5.67. The van der Waals surface area contributed by atoms with Crippen molar-refractivity contribution in [3.8, 4) is 0 Å². The number of piperidine rings is 1. The number of aromatic nitrogens is 4. The van der Waals surface area contributed by atoms with Gasteiger partial charge < -0.3 is 15.8 Å². The highest BCUT2D eigenvalue weighted by atomic mass is 16.2. The molecular weight excluding hydrogens is 402 g/mol. The van der Waals surface area contributed by atoms with Crippen LogP contribution in [0.2, 0.25) is 0 Å². The first-order valence-electron chi connectivity index (χ1n) is 11.3. The van der Waals surface area contributed by atoms with Crippen LogP contribution in [-0.4, -0.2) is 56.0 Å². The molecule has 0 atom stereocenters. The van der Waals surface area contributed by atoms with Crippen LogP contribution in [0.15, 0.2) is 35.6 Å². The van der Waals surface area contributed by atoms with Crippen molar-refractivity contribution in [2.75, 3.05) is 32.6 Å². The standard InChI is InChI=1S/C24H33N7O/c1-5-20-23-13-22(28-31(23)14-17(3)26-20)21(8-11-32)27-24-16(2)12-19(15-30(24)25)18-6-9-29(4)10-7-18/h8,12-15,18,32H,5-7,9-11,25H2,1-4H3/b21-8-,27-24-. The maximum Gasteiger partial charge on any atom is 0.154 e. The van der Waals surface area contributed by atoms with Crippen molar-refractivity contribution in [1.82, 2.24) is 24.2 Å². The van der Waals surface area contributed by atoms with Gasteiger partial charge in [0.25, 0.3) is 0 Å². The number of aliphatic hydroxyl groups is 1. The van der Waals surface area contributed by atoms with Crippen molar-refractivity contribution in [3.63, 3.8) is 0 Å². The summed E-state index contributed by atoms with van der Waals surface area (Å²) in [6.45, 7) is 8.14. The summed E-state index contributed by atoms with van der Waals surface area (Å²) in [7, 11) is 2.17. The largest absolute Gasteiger partial charge is 0.392 e. The third kappa shape index (κ3) is 4.47. The Balaban J connectivity index is 1.75. The molecule has 0 saturated carbocycles. The summed E-state index contributed by atoms with van der Waals surface area (Å²) in [5, 5.41) is 14.3. The molecule has 0 aromatic carbocycles. The molecule has 170 valence electrons. The number of nitrogen functional groups attached to an aromatic ring is 1. The van der Waals surface area contributed by atoms with E-state index in [1.165, 1.54) is 5.56 Å². The normalized spacial score (nSPS) is 16.9. The molecule has 0 unspecified atom stereocenters. The van der Waals surface area contributed by atoms with Crippen molar-refractivity contribution >= 4 is 11.2 Å². The third-order valence-electron chi connectivity index (χ3n) is 6.22. The van der Waals surface area contributed by atoms with Gasteiger partial charge in [0.2, 0.25) is 0 Å². The van der Waals surface area contributed by atoms with Crippen LogP contribution in [0, 0.1) is 13.8 Å². The van der Waals surface area contributed by atoms with Gasteiger partial charge in [-0.3, -0.25) is 9.66 Å². The van der Waals surface area contributed by atoms with Crippen molar-refractivity contribution in [2.45, 2.75) is 46.0 Å². The minimum absolute atomic E-state index is 0.137. The Morgan fingerprint density at radius 2 is 2.00 bits per heavy atom. The van der Waals surface area contributed by atoms with Crippen LogP contribution in [-0.2, 0) is 6.42 Å². The molecule has 3 N–H and O–H groups in total. The number of pyridine rings is 1. The molecule has 32 heavy (non-hydrogen) atoms. The zero-order valence-electron chi connectivity index (χ0n) is 19.4. The molecule has 1 saturated heterocycles. The lowest BCUT2D eigenvalue weighted by atomic mass is 9.90. The van der Waals surface area contributed by atoms with Crippen LogP contribution in [0.25, 0.3) is 11.2 Å². The van der Waals surface area contributed by atoms with E-state index in [0.717, 1.165) is 54.8 Å². The van der Waals surface area contributed by atoms with Gasteiger partial charge in [-0.1, -0.05) is 13.0 Å². The van der Waals surface area contributed by atoms with Gasteiger partial charge in [0.05, 0.1) is 35.4 Å². The van der Waals surface area contributed by atoms with Crippen molar-refractivity contribution in [1.29, 1.82) is 0 Å². The molecular formula is C24H33N7O. The average molecular weight is 436 g/mol. The summed E-state index contributed by atoms with van der Waals surface area (Å²) < 4.78 is 3.44. The first-order chi connectivity index (χ1) is 15.4. The number of likely N-dealkylation sites (tertiary alicyclic amines) is 1. The van der Waals surface area contributed by atoms with Gasteiger partial charge in [0.15, 0.2) is 5.49 Å². The first kappa shape index (κ1) is 22.2. The Bertz CT molecular complexity index is 1190. The molecule has 4 rings (SSSR count). The number of fused-ring (bicyclic) bond motifs is 1. The van der Waals surface area contributed by atoms with E-state index < -0.39 is 0 Å². The number of nitrogens with two attached hydrogens (primary N) is 1. The van der Waals surface area contributed by atoms with E-state index in [9.17, 15) is 5.11 Å². The quantitative estimate of drug-likeness (QED) is 0.599. The lowest BCUT2D eigenvalue weighted by Crippen LogP contribution is -2.33. The second kappa shape index (κ2) is 9.26. The highest BCUT2D eigenvalue weighted by Gasteiger charge is 2.19. The summed E-state index contributed by atoms with van der Waals surface area (Å²) in [6.07, 6.45) is 8.64. The molecule has 1 fully saturated rings. The zero-order valence-corrected chi connectivity index (χ0v) is 19.4. The van der Waals surface area contributed by atoms with Gasteiger partial charge in [-0.15, -0.1) is 0 Å². The maximum absolute atomic E-state index is 9.64. The number of hydrogen-bond donors (Lipinski definition) is 2. The minimum Gasteiger partial charge on any atom is -0.392 e. The van der Waals surface area contributed by atoms with E-state index in [-0.39, 0.29) is 6.61 Å². The number of rotatable bonds is 5. The van der Waals surface area contributed by atoms with Crippen LogP contribution in [0.4, 0.5) is 0 Å². The second-order valence-electron chi connectivity index (χ2n) is 8.69. The average Bonchev–Trinajstić information content (AvgIpc) is 3.19. The molecule has 0 bridgehead atoms. The molecule has 0 aliphatic carbocycles. The molecule has 8 heteroatoms. The van der Waals surface area contributed by atoms with Gasteiger partial charge in [-0.2, -0.15) is 5.10 Å². The van der Waals surface area contributed by atoms with Gasteiger partial charge in [-0.05, 0) is 82.4 Å². The van der Waals surface area contributed by atoms with Crippen LogP contribution < -0.4 is 11.3 Å². The van der Waals surface area contributed by atoms with Crippen molar-refractivity contribution < 1.29 is 5.11 Å². The predicted octanol–water partition coefficient (Wildman–Crippen LogP) is 2.17. The Labute approximate surface area is 188 Å². The molecule has 0 spiro atoms. The highest BCUT2D eigenvalue weighted by Crippen LogP contribution is 2.27. The Morgan fingerprint density at radius 1 is 1.25 bits per heavy atom. The second-order valence-corrected chi connectivity index (χ2v) is 8.69. The number of hydrogen-bond acceptors (Lipinski definition) is 6. The molecule has 3 aromatic rings. The molecule has 0 radical (unpaired) electrons. The smallest absolute Gasteiger partial charge is 0.154 e. The van der Waals surface area contributed by atoms with E-state index in [4.69, 9.17) is 15.9 Å². The molecule has 8 nitrogen and oxygen atoms in total. The van der Waals surface area contributed by atoms with Gasteiger partial charge in [0, 0.05) is 6.20 Å². The fourth-order valence-corrected chi connectivity index (χ4v) is 4.47. The number of aliphatic hydroxyl groups excluding tert-OH is 1. The Morgan fingerprint density at radius 3 is 2.66 bits per heavy atom. The summed E-state index contributed by atoms with van der Waals surface area (Å²) in [5.74, 6) is 6.92. The van der Waals surface area contributed by atoms with E-state index >= 15 is 0 Å². The Kier molecular flexibility index (Phi) is 6.43. The first-order valence-corrected chi connectivity index (χ1v) is 11.3. The van der Waals surface area contributed by atoms with E-state index in [1.54, 1.807) is 10.8 Å². The molecule has 1 aliphatic rings. The van der Waals surface area contributed by atoms with Gasteiger partial charge >= 0.3 is 0 Å². The van der Waals surface area contributed by atoms with Crippen LogP contribution >= 0.6 is 0 Å². The minimum atomic E-state index is -0.137. The summed E-state index contributed by atoms with van der Waals surface area (Å²) >= 11 is 0. The lowest BCUT2D eigenvalue weighted by molar-refractivity contribution is 0.255. The fraction of sp³-hybridized carbons (Fsp3) is 0.458. The monoisotopic (exact) mass is 435 g/mol. The van der Waals surface area contributed by atoms with E-state index in [2.05, 4.69) is 29.9 Å². The number of aryl methyl sites for hydroxylation is 3. The zero-order chi connectivity index (χ0) is 22.8.